The van der Waals surface area contributed by atoms with E-state index in [1.807, 2.05) is 39.0 Å². The van der Waals surface area contributed by atoms with Crippen molar-refractivity contribution >= 4 is 23.2 Å². The van der Waals surface area contributed by atoms with Crippen LogP contribution in [-0.4, -0.2) is 46.3 Å². The van der Waals surface area contributed by atoms with Crippen LogP contribution in [0.25, 0.3) is 0 Å². The van der Waals surface area contributed by atoms with E-state index in [1.54, 1.807) is 7.05 Å². The summed E-state index contributed by atoms with van der Waals surface area (Å²) in [5, 5.41) is 2.82. The van der Waals surface area contributed by atoms with Crippen molar-refractivity contribution in [2.24, 2.45) is 0 Å². The highest BCUT2D eigenvalue weighted by Crippen LogP contribution is 2.16. The first-order valence-corrected chi connectivity index (χ1v) is 9.35. The summed E-state index contributed by atoms with van der Waals surface area (Å²) in [7, 11) is 1.59. The summed E-state index contributed by atoms with van der Waals surface area (Å²) < 4.78 is 1.17. The number of hydrogen-bond acceptors (Lipinski definition) is 6. The normalized spacial score (nSPS) is 10.9. The second kappa shape index (κ2) is 9.33. The summed E-state index contributed by atoms with van der Waals surface area (Å²) in [6.45, 7) is 5.71. The van der Waals surface area contributed by atoms with Crippen LogP contribution in [0.15, 0.2) is 27.8 Å². The fourth-order valence-corrected chi connectivity index (χ4v) is 2.99. The monoisotopic (exact) mass is 401 g/mol. The SMILES string of the molecule is CCCn1c(N)c(C(=O)CN(C)CC(=O)Nc2cc(C)ccc2C)c(=O)[nH]c1=O. The van der Waals surface area contributed by atoms with Crippen molar-refractivity contribution in [2.75, 3.05) is 31.2 Å². The number of benzene rings is 1. The van der Waals surface area contributed by atoms with Crippen molar-refractivity contribution in [3.63, 3.8) is 0 Å². The van der Waals surface area contributed by atoms with Crippen LogP contribution < -0.4 is 22.3 Å². The third kappa shape index (κ3) is 5.41. The van der Waals surface area contributed by atoms with E-state index in [1.165, 1.54) is 9.47 Å². The molecule has 0 radical (unpaired) electrons. The molecule has 0 aliphatic carbocycles. The minimum Gasteiger partial charge on any atom is -0.384 e. The summed E-state index contributed by atoms with van der Waals surface area (Å²) in [5.41, 5.74) is 6.84. The maximum Gasteiger partial charge on any atom is 0.329 e. The molecule has 1 aromatic heterocycles. The summed E-state index contributed by atoms with van der Waals surface area (Å²) in [6.07, 6.45) is 0.613. The number of aromatic amines is 1. The van der Waals surface area contributed by atoms with Crippen LogP contribution in [0.5, 0.6) is 0 Å². The van der Waals surface area contributed by atoms with Crippen molar-refractivity contribution in [3.8, 4) is 0 Å². The first-order valence-electron chi connectivity index (χ1n) is 9.35. The number of anilines is 2. The molecule has 1 aromatic carbocycles. The van der Waals surface area contributed by atoms with Crippen LogP contribution in [0.3, 0.4) is 0 Å². The number of likely N-dealkylation sites (N-methyl/N-ethyl adjacent to an activating group) is 1. The van der Waals surface area contributed by atoms with Gasteiger partial charge in [0.15, 0.2) is 5.78 Å². The number of hydrogen-bond donors (Lipinski definition) is 3. The zero-order valence-corrected chi connectivity index (χ0v) is 17.2. The van der Waals surface area contributed by atoms with Gasteiger partial charge < -0.3 is 11.1 Å². The molecule has 29 heavy (non-hydrogen) atoms. The van der Waals surface area contributed by atoms with E-state index in [-0.39, 0.29) is 36.9 Å². The van der Waals surface area contributed by atoms with Crippen molar-refractivity contribution < 1.29 is 9.59 Å². The van der Waals surface area contributed by atoms with Gasteiger partial charge in [-0.05, 0) is 44.5 Å². The van der Waals surface area contributed by atoms with E-state index < -0.39 is 17.0 Å². The molecule has 4 N–H and O–H groups in total. The maximum atomic E-state index is 12.6. The number of nitrogens with one attached hydrogen (secondary N) is 2. The number of carbonyl (C=O) groups excluding carboxylic acids is 2. The van der Waals surface area contributed by atoms with Crippen molar-refractivity contribution in [3.05, 3.63) is 55.7 Å². The molecule has 1 heterocycles. The Morgan fingerprint density at radius 1 is 1.21 bits per heavy atom. The van der Waals surface area contributed by atoms with Gasteiger partial charge in [0.05, 0.1) is 13.1 Å². The lowest BCUT2D eigenvalue weighted by molar-refractivity contribution is -0.116. The van der Waals surface area contributed by atoms with Gasteiger partial charge in [-0.25, -0.2) is 4.79 Å². The largest absolute Gasteiger partial charge is 0.384 e. The molecule has 0 unspecified atom stereocenters. The van der Waals surface area contributed by atoms with Gasteiger partial charge in [0.25, 0.3) is 5.56 Å². The Hall–Kier alpha value is -3.20. The lowest BCUT2D eigenvalue weighted by atomic mass is 10.1. The summed E-state index contributed by atoms with van der Waals surface area (Å²) in [4.78, 5) is 52.5. The van der Waals surface area contributed by atoms with Gasteiger partial charge in [-0.1, -0.05) is 19.1 Å². The van der Waals surface area contributed by atoms with Crippen LogP contribution >= 0.6 is 0 Å². The highest BCUT2D eigenvalue weighted by atomic mass is 16.2. The molecule has 2 rings (SSSR count). The smallest absolute Gasteiger partial charge is 0.329 e. The molecule has 0 aliphatic heterocycles. The van der Waals surface area contributed by atoms with Crippen molar-refractivity contribution in [1.82, 2.24) is 14.5 Å². The van der Waals surface area contributed by atoms with Crippen molar-refractivity contribution in [2.45, 2.75) is 33.7 Å². The molecule has 9 nitrogen and oxygen atoms in total. The van der Waals surface area contributed by atoms with Gasteiger partial charge in [0.2, 0.25) is 5.91 Å². The average molecular weight is 401 g/mol. The topological polar surface area (TPSA) is 130 Å². The Kier molecular flexibility index (Phi) is 7.11. The molecule has 0 aliphatic rings. The first-order chi connectivity index (χ1) is 13.6. The molecule has 0 spiro atoms. The minimum atomic E-state index is -0.821. The Morgan fingerprint density at radius 3 is 2.55 bits per heavy atom. The quantitative estimate of drug-likeness (QED) is 0.564. The Labute approximate surface area is 168 Å². The molecular weight excluding hydrogens is 374 g/mol. The molecule has 9 heteroatoms. The van der Waals surface area contributed by atoms with Gasteiger partial charge in [0, 0.05) is 12.2 Å². The zero-order valence-electron chi connectivity index (χ0n) is 17.2. The number of amides is 1. The fourth-order valence-electron chi connectivity index (χ4n) is 2.99. The number of H-pyrrole nitrogens is 1. The van der Waals surface area contributed by atoms with Gasteiger partial charge in [-0.15, -0.1) is 0 Å². The van der Waals surface area contributed by atoms with Crippen LogP contribution in [0.4, 0.5) is 11.5 Å². The third-order valence-electron chi connectivity index (χ3n) is 4.46. The molecule has 0 saturated carbocycles. The Balaban J connectivity index is 2.10. The number of nitrogen functional groups attached to an aromatic ring is 1. The number of nitrogens with two attached hydrogens (primary N) is 1. The lowest BCUT2D eigenvalue weighted by Gasteiger charge is -2.17. The molecule has 2 aromatic rings. The standard InChI is InChI=1S/C20H27N5O4/c1-5-8-25-18(21)17(19(28)23-20(25)29)15(26)10-24(4)11-16(27)22-14-9-12(2)6-7-13(14)3/h6-7,9H,5,8,10-11,21H2,1-4H3,(H,22,27)(H,23,28,29). The van der Waals surface area contributed by atoms with E-state index in [0.29, 0.717) is 12.1 Å². The molecule has 1 amide bonds. The van der Waals surface area contributed by atoms with Crippen LogP contribution in [0.2, 0.25) is 0 Å². The second-order valence-corrected chi connectivity index (χ2v) is 7.13. The van der Waals surface area contributed by atoms with E-state index >= 15 is 0 Å². The van der Waals surface area contributed by atoms with Crippen LogP contribution in [0, 0.1) is 13.8 Å². The van der Waals surface area contributed by atoms with E-state index in [0.717, 1.165) is 11.1 Å². The molecule has 156 valence electrons. The Morgan fingerprint density at radius 2 is 1.90 bits per heavy atom. The number of Topliss-reactive ketones (excluding diaryl/α,β-unsaturated/α-hetero) is 1. The van der Waals surface area contributed by atoms with Crippen LogP contribution in [0.1, 0.15) is 34.8 Å². The third-order valence-corrected chi connectivity index (χ3v) is 4.46. The second-order valence-electron chi connectivity index (χ2n) is 7.13. The fraction of sp³-hybridized carbons (Fsp3) is 0.400. The predicted octanol–water partition coefficient (Wildman–Crippen LogP) is 0.899. The molecule has 0 fully saturated rings. The number of nitrogens with zero attached hydrogens (tertiary/aromatic N) is 2. The van der Waals surface area contributed by atoms with E-state index in [2.05, 4.69) is 10.3 Å². The highest BCUT2D eigenvalue weighted by molar-refractivity contribution is 6.01. The highest BCUT2D eigenvalue weighted by Gasteiger charge is 2.21. The van der Waals surface area contributed by atoms with E-state index in [4.69, 9.17) is 5.73 Å². The number of aromatic nitrogens is 2. The predicted molar refractivity (Wildman–Crippen MR) is 112 cm³/mol. The van der Waals surface area contributed by atoms with Gasteiger partial charge >= 0.3 is 5.69 Å². The minimum absolute atomic E-state index is 0.0501. The number of rotatable bonds is 8. The zero-order chi connectivity index (χ0) is 21.7. The first kappa shape index (κ1) is 22.1. The molecule has 0 bridgehead atoms. The lowest BCUT2D eigenvalue weighted by Crippen LogP contribution is -2.40. The van der Waals surface area contributed by atoms with E-state index in [9.17, 15) is 19.2 Å². The maximum absolute atomic E-state index is 12.6. The molecule has 0 atom stereocenters. The number of aryl methyl sites for hydroxylation is 2. The Bertz CT molecular complexity index is 1040. The van der Waals surface area contributed by atoms with Crippen LogP contribution in [-0.2, 0) is 11.3 Å². The number of carbonyl (C=O) groups is 2. The summed E-state index contributed by atoms with van der Waals surface area (Å²) in [5.74, 6) is -0.999. The van der Waals surface area contributed by atoms with Gasteiger partial charge in [0.1, 0.15) is 11.4 Å². The summed E-state index contributed by atoms with van der Waals surface area (Å²) >= 11 is 0. The summed E-state index contributed by atoms with van der Waals surface area (Å²) in [6, 6.07) is 5.74. The molecular formula is C20H27N5O4. The average Bonchev–Trinajstić information content (AvgIpc) is 2.61. The number of ketones is 1. The van der Waals surface area contributed by atoms with Crippen molar-refractivity contribution in [1.29, 1.82) is 0 Å². The van der Waals surface area contributed by atoms with Gasteiger partial charge in [-0.3, -0.25) is 28.8 Å². The molecule has 0 saturated heterocycles. The van der Waals surface area contributed by atoms with Gasteiger partial charge in [-0.2, -0.15) is 0 Å².